The highest BCUT2D eigenvalue weighted by Crippen LogP contribution is 2.35. The van der Waals surface area contributed by atoms with E-state index in [1.54, 1.807) is 22.6 Å². The van der Waals surface area contributed by atoms with Crippen LogP contribution in [-0.4, -0.2) is 43.0 Å². The van der Waals surface area contributed by atoms with Gasteiger partial charge in [-0.3, -0.25) is 9.20 Å². The van der Waals surface area contributed by atoms with Gasteiger partial charge in [0.2, 0.25) is 5.88 Å². The van der Waals surface area contributed by atoms with Crippen LogP contribution in [0.4, 0.5) is 13.2 Å². The Morgan fingerprint density at radius 2 is 2.00 bits per heavy atom. The van der Waals surface area contributed by atoms with Gasteiger partial charge in [-0.1, -0.05) is 0 Å². The molecule has 0 spiro atoms. The summed E-state index contributed by atoms with van der Waals surface area (Å²) in [7, 11) is 0. The standard InChI is InChI=1S/C17H13BrF3IN4O4/c18-13-12(23-14-10(17(19,20)21)5-8(22)6-25(13)14)15(28)24-3-1-9(2-4-24)26-11(27)7-30-16(26)29/h5-7,9,27H,1-4H2. The van der Waals surface area contributed by atoms with Crippen LogP contribution in [0.5, 0.6) is 5.88 Å². The average Bonchev–Trinajstić information content (AvgIpc) is 3.19. The molecule has 3 aromatic heterocycles. The molecule has 1 aliphatic rings. The molecule has 0 unspecified atom stereocenters. The maximum Gasteiger partial charge on any atom is 0.422 e. The zero-order valence-electron chi connectivity index (χ0n) is 15.0. The second kappa shape index (κ2) is 7.59. The number of likely N-dealkylation sites (tertiary alicyclic amines) is 1. The molecule has 0 bridgehead atoms. The van der Waals surface area contributed by atoms with Crippen molar-refractivity contribution in [2.45, 2.75) is 25.1 Å². The second-order valence-corrected chi connectivity index (χ2v) is 8.76. The Hall–Kier alpha value is -2.03. The molecular formula is C17H13BrF3IN4O4. The Balaban J connectivity index is 1.62. The van der Waals surface area contributed by atoms with Crippen molar-refractivity contribution in [2.75, 3.05) is 13.1 Å². The lowest BCUT2D eigenvalue weighted by atomic mass is 10.0. The van der Waals surface area contributed by atoms with Crippen LogP contribution in [0, 0.1) is 3.57 Å². The quantitative estimate of drug-likeness (QED) is 0.453. The van der Waals surface area contributed by atoms with Crippen LogP contribution in [0.25, 0.3) is 5.65 Å². The van der Waals surface area contributed by atoms with Gasteiger partial charge in [0, 0.05) is 28.9 Å². The molecule has 30 heavy (non-hydrogen) atoms. The van der Waals surface area contributed by atoms with E-state index in [0.717, 1.165) is 16.9 Å². The van der Waals surface area contributed by atoms with Gasteiger partial charge in [0.1, 0.15) is 4.60 Å². The van der Waals surface area contributed by atoms with Crippen molar-refractivity contribution in [1.82, 2.24) is 18.9 Å². The largest absolute Gasteiger partial charge is 0.492 e. The summed E-state index contributed by atoms with van der Waals surface area (Å²) >= 11 is 4.98. The summed E-state index contributed by atoms with van der Waals surface area (Å²) in [6.45, 7) is 0.481. The van der Waals surface area contributed by atoms with E-state index in [9.17, 15) is 27.9 Å². The Morgan fingerprint density at radius 3 is 2.57 bits per heavy atom. The fourth-order valence-corrected chi connectivity index (χ4v) is 4.67. The van der Waals surface area contributed by atoms with Gasteiger partial charge in [-0.2, -0.15) is 13.2 Å². The van der Waals surface area contributed by atoms with Crippen LogP contribution in [0.1, 0.15) is 34.9 Å². The van der Waals surface area contributed by atoms with Crippen molar-refractivity contribution in [3.05, 3.63) is 48.5 Å². The average molecular weight is 601 g/mol. The number of oxazole rings is 1. The lowest BCUT2D eigenvalue weighted by Gasteiger charge is -2.31. The molecule has 160 valence electrons. The maximum atomic E-state index is 13.4. The molecule has 1 saturated heterocycles. The summed E-state index contributed by atoms with van der Waals surface area (Å²) in [6.07, 6.45) is -1.47. The molecule has 0 aromatic carbocycles. The molecule has 1 fully saturated rings. The van der Waals surface area contributed by atoms with Gasteiger partial charge >= 0.3 is 11.9 Å². The number of pyridine rings is 1. The Kier molecular flexibility index (Phi) is 5.36. The molecule has 4 heterocycles. The molecule has 1 aliphatic heterocycles. The number of alkyl halides is 3. The van der Waals surface area contributed by atoms with Crippen LogP contribution in [0.15, 0.2) is 32.3 Å². The molecule has 1 N–H and O–H groups in total. The van der Waals surface area contributed by atoms with Gasteiger partial charge < -0.3 is 14.4 Å². The third-order valence-corrected chi connectivity index (χ3v) is 6.31. The van der Waals surface area contributed by atoms with Crippen LogP contribution in [0.3, 0.4) is 0 Å². The Bertz CT molecular complexity index is 1190. The number of hydrogen-bond donors (Lipinski definition) is 1. The first-order valence-corrected chi connectivity index (χ1v) is 10.6. The number of hydrogen-bond acceptors (Lipinski definition) is 5. The van der Waals surface area contributed by atoms with Crippen LogP contribution >= 0.6 is 38.5 Å². The van der Waals surface area contributed by atoms with E-state index < -0.39 is 23.4 Å². The molecule has 1 amide bonds. The van der Waals surface area contributed by atoms with Crippen molar-refractivity contribution in [1.29, 1.82) is 0 Å². The van der Waals surface area contributed by atoms with Crippen molar-refractivity contribution < 1.29 is 27.5 Å². The molecule has 13 heteroatoms. The van der Waals surface area contributed by atoms with Gasteiger partial charge in [0.05, 0.1) is 5.56 Å². The highest BCUT2D eigenvalue weighted by Gasteiger charge is 2.36. The summed E-state index contributed by atoms with van der Waals surface area (Å²) in [5.41, 5.74) is -1.41. The van der Waals surface area contributed by atoms with E-state index in [1.807, 2.05) is 0 Å². The third-order valence-electron chi connectivity index (χ3n) is 4.96. The topological polar surface area (TPSA) is 93.0 Å². The first kappa shape index (κ1) is 21.2. The van der Waals surface area contributed by atoms with Crippen LogP contribution in [0.2, 0.25) is 0 Å². The number of rotatable bonds is 2. The number of aromatic hydroxyl groups is 1. The second-order valence-electron chi connectivity index (χ2n) is 6.77. The SMILES string of the molecule is O=C(c1nc2c(C(F)(F)F)cc(I)cn2c1Br)N1CCC(n2c(O)coc2=O)CC1. The lowest BCUT2D eigenvalue weighted by molar-refractivity contribution is -0.136. The predicted octanol–water partition coefficient (Wildman–Crippen LogP) is 3.66. The number of piperidine rings is 1. The number of halogens is 5. The molecule has 0 aliphatic carbocycles. The number of carbonyl (C=O) groups is 1. The first-order valence-electron chi connectivity index (χ1n) is 8.70. The molecule has 8 nitrogen and oxygen atoms in total. The number of aromatic nitrogens is 3. The number of nitrogens with zero attached hydrogens (tertiary/aromatic N) is 4. The zero-order chi connectivity index (χ0) is 21.8. The minimum Gasteiger partial charge on any atom is -0.492 e. The van der Waals surface area contributed by atoms with Crippen molar-refractivity contribution in [2.24, 2.45) is 0 Å². The third kappa shape index (κ3) is 3.61. The molecule has 3 aromatic rings. The van der Waals surface area contributed by atoms with Gasteiger partial charge in [0.15, 0.2) is 17.6 Å². The molecular weight excluding hydrogens is 588 g/mol. The fourth-order valence-electron chi connectivity index (χ4n) is 3.55. The first-order chi connectivity index (χ1) is 14.1. The number of imidazole rings is 1. The van der Waals surface area contributed by atoms with E-state index in [2.05, 4.69) is 25.3 Å². The van der Waals surface area contributed by atoms with Crippen molar-refractivity contribution in [3.63, 3.8) is 0 Å². The normalized spacial score (nSPS) is 15.8. The summed E-state index contributed by atoms with van der Waals surface area (Å²) < 4.78 is 47.7. The van der Waals surface area contributed by atoms with E-state index >= 15 is 0 Å². The van der Waals surface area contributed by atoms with Crippen LogP contribution < -0.4 is 5.76 Å². The Morgan fingerprint density at radius 1 is 1.33 bits per heavy atom. The molecule has 0 saturated carbocycles. The number of fused-ring (bicyclic) bond motifs is 1. The molecule has 0 radical (unpaired) electrons. The fraction of sp³-hybridized carbons (Fsp3) is 0.353. The van der Waals surface area contributed by atoms with Gasteiger partial charge in [-0.25, -0.2) is 14.3 Å². The summed E-state index contributed by atoms with van der Waals surface area (Å²) in [5.74, 6) is -1.49. The Labute approximate surface area is 188 Å². The highest BCUT2D eigenvalue weighted by molar-refractivity contribution is 14.1. The number of amides is 1. The lowest BCUT2D eigenvalue weighted by Crippen LogP contribution is -2.40. The van der Waals surface area contributed by atoms with Gasteiger partial charge in [0.25, 0.3) is 5.91 Å². The minimum absolute atomic E-state index is 0.121. The summed E-state index contributed by atoms with van der Waals surface area (Å²) in [5, 5.41) is 9.74. The highest BCUT2D eigenvalue weighted by atomic mass is 127. The van der Waals surface area contributed by atoms with E-state index in [0.29, 0.717) is 16.4 Å². The van der Waals surface area contributed by atoms with Crippen molar-refractivity contribution >= 4 is 50.1 Å². The van der Waals surface area contributed by atoms with Crippen LogP contribution in [-0.2, 0) is 6.18 Å². The van der Waals surface area contributed by atoms with E-state index in [4.69, 9.17) is 0 Å². The summed E-state index contributed by atoms with van der Waals surface area (Å²) in [4.78, 5) is 30.1. The smallest absolute Gasteiger partial charge is 0.422 e. The van der Waals surface area contributed by atoms with E-state index in [1.165, 1.54) is 15.5 Å². The molecule has 4 rings (SSSR count). The predicted molar refractivity (Wildman–Crippen MR) is 109 cm³/mol. The zero-order valence-corrected chi connectivity index (χ0v) is 18.7. The van der Waals surface area contributed by atoms with E-state index in [-0.39, 0.29) is 41.0 Å². The molecule has 0 atom stereocenters. The summed E-state index contributed by atoms with van der Waals surface area (Å²) in [6, 6.07) is 0.632. The number of carbonyl (C=O) groups excluding carboxylic acids is 1. The van der Waals surface area contributed by atoms with Gasteiger partial charge in [-0.05, 0) is 57.4 Å². The minimum atomic E-state index is -4.62. The maximum absolute atomic E-state index is 13.4. The van der Waals surface area contributed by atoms with Gasteiger partial charge in [-0.15, -0.1) is 0 Å². The monoisotopic (exact) mass is 600 g/mol. The van der Waals surface area contributed by atoms with Crippen molar-refractivity contribution in [3.8, 4) is 5.88 Å².